The van der Waals surface area contributed by atoms with Gasteiger partial charge in [0.2, 0.25) is 0 Å². The van der Waals surface area contributed by atoms with Gasteiger partial charge >= 0.3 is 12.0 Å². The standard InChI is InChI=1S/C13H24N2O3/c1-5-9(2)10(11(16)17)14-12(18)15-8-6-7-13(15,3)4/h9-10H,5-8H2,1-4H3,(H,14,18)(H,16,17)/t9-,10-/m0/s1. The van der Waals surface area contributed by atoms with E-state index < -0.39 is 12.0 Å². The Balaban J connectivity index is 2.70. The van der Waals surface area contributed by atoms with E-state index in [9.17, 15) is 9.59 Å². The molecule has 5 nitrogen and oxygen atoms in total. The molecule has 1 fully saturated rings. The lowest BCUT2D eigenvalue weighted by Crippen LogP contribution is -2.54. The summed E-state index contributed by atoms with van der Waals surface area (Å²) in [7, 11) is 0. The van der Waals surface area contributed by atoms with Crippen LogP contribution in [0.5, 0.6) is 0 Å². The fourth-order valence-corrected chi connectivity index (χ4v) is 2.38. The minimum absolute atomic E-state index is 0.0721. The van der Waals surface area contributed by atoms with Gasteiger partial charge in [0.25, 0.3) is 0 Å². The number of likely N-dealkylation sites (tertiary alicyclic amines) is 1. The highest BCUT2D eigenvalue weighted by atomic mass is 16.4. The van der Waals surface area contributed by atoms with Gasteiger partial charge in [0.15, 0.2) is 0 Å². The number of carbonyl (C=O) groups excluding carboxylic acids is 1. The van der Waals surface area contributed by atoms with E-state index in [1.807, 2.05) is 27.7 Å². The molecule has 0 aromatic heterocycles. The first-order valence-electron chi connectivity index (χ1n) is 6.60. The van der Waals surface area contributed by atoms with Gasteiger partial charge < -0.3 is 15.3 Å². The van der Waals surface area contributed by atoms with Crippen LogP contribution in [0.2, 0.25) is 0 Å². The molecule has 0 unspecified atom stereocenters. The lowest BCUT2D eigenvalue weighted by molar-refractivity contribution is -0.140. The Morgan fingerprint density at radius 2 is 2.06 bits per heavy atom. The van der Waals surface area contributed by atoms with Crippen molar-refractivity contribution in [1.29, 1.82) is 0 Å². The number of carboxylic acids is 1. The monoisotopic (exact) mass is 256 g/mol. The van der Waals surface area contributed by atoms with Gasteiger partial charge in [0, 0.05) is 12.1 Å². The van der Waals surface area contributed by atoms with Gasteiger partial charge in [0.05, 0.1) is 0 Å². The molecule has 1 saturated heterocycles. The lowest BCUT2D eigenvalue weighted by atomic mass is 9.99. The van der Waals surface area contributed by atoms with Gasteiger partial charge in [-0.1, -0.05) is 20.3 Å². The predicted octanol–water partition coefficient (Wildman–Crippen LogP) is 2.07. The second-order valence-electron chi connectivity index (χ2n) is 5.72. The average Bonchev–Trinajstić information content (AvgIpc) is 2.64. The second kappa shape index (κ2) is 5.59. The van der Waals surface area contributed by atoms with E-state index >= 15 is 0 Å². The maximum Gasteiger partial charge on any atom is 0.326 e. The highest BCUT2D eigenvalue weighted by molar-refractivity contribution is 5.83. The van der Waals surface area contributed by atoms with Gasteiger partial charge in [-0.05, 0) is 32.6 Å². The van der Waals surface area contributed by atoms with E-state index in [2.05, 4.69) is 5.32 Å². The summed E-state index contributed by atoms with van der Waals surface area (Å²) in [6.07, 6.45) is 2.66. The van der Waals surface area contributed by atoms with E-state index in [4.69, 9.17) is 5.11 Å². The maximum atomic E-state index is 12.1. The minimum Gasteiger partial charge on any atom is -0.480 e. The van der Waals surface area contributed by atoms with Crippen LogP contribution in [-0.4, -0.2) is 40.1 Å². The summed E-state index contributed by atoms with van der Waals surface area (Å²) in [6, 6.07) is -1.07. The molecule has 1 heterocycles. The molecule has 104 valence electrons. The summed E-state index contributed by atoms with van der Waals surface area (Å²) < 4.78 is 0. The number of carbonyl (C=O) groups is 2. The Bertz CT molecular complexity index is 328. The third kappa shape index (κ3) is 3.15. The Labute approximate surface area is 109 Å². The van der Waals surface area contributed by atoms with E-state index in [1.54, 1.807) is 4.90 Å². The SMILES string of the molecule is CC[C@H](C)[C@H](NC(=O)N1CCCC1(C)C)C(=O)O. The lowest BCUT2D eigenvalue weighted by Gasteiger charge is -2.33. The fourth-order valence-electron chi connectivity index (χ4n) is 2.38. The van der Waals surface area contributed by atoms with E-state index in [0.717, 1.165) is 19.3 Å². The third-order valence-corrected chi connectivity index (χ3v) is 3.90. The summed E-state index contributed by atoms with van der Waals surface area (Å²) in [4.78, 5) is 25.1. The number of nitrogens with zero attached hydrogens (tertiary/aromatic N) is 1. The van der Waals surface area contributed by atoms with Gasteiger partial charge in [-0.15, -0.1) is 0 Å². The van der Waals surface area contributed by atoms with Crippen molar-refractivity contribution in [3.05, 3.63) is 0 Å². The molecule has 0 radical (unpaired) electrons. The number of carboxylic acid groups (broad SMARTS) is 1. The topological polar surface area (TPSA) is 69.6 Å². The molecule has 2 N–H and O–H groups in total. The van der Waals surface area contributed by atoms with Crippen LogP contribution < -0.4 is 5.32 Å². The average molecular weight is 256 g/mol. The summed E-state index contributed by atoms with van der Waals surface area (Å²) in [5.41, 5.74) is -0.178. The Morgan fingerprint density at radius 3 is 2.44 bits per heavy atom. The van der Waals surface area contributed by atoms with Crippen molar-refractivity contribution >= 4 is 12.0 Å². The van der Waals surface area contributed by atoms with Crippen molar-refractivity contribution in [2.45, 2.75) is 58.5 Å². The van der Waals surface area contributed by atoms with Crippen LogP contribution in [0.3, 0.4) is 0 Å². The quantitative estimate of drug-likeness (QED) is 0.809. The van der Waals surface area contributed by atoms with Crippen molar-refractivity contribution in [2.24, 2.45) is 5.92 Å². The molecule has 1 rings (SSSR count). The molecule has 0 spiro atoms. The molecular weight excluding hydrogens is 232 g/mol. The first-order valence-corrected chi connectivity index (χ1v) is 6.60. The van der Waals surface area contributed by atoms with Crippen molar-refractivity contribution in [1.82, 2.24) is 10.2 Å². The zero-order valence-corrected chi connectivity index (χ0v) is 11.7. The molecule has 0 aromatic carbocycles. The van der Waals surface area contributed by atoms with Crippen LogP contribution in [0.1, 0.15) is 47.0 Å². The van der Waals surface area contributed by atoms with Crippen molar-refractivity contribution in [3.8, 4) is 0 Å². The molecule has 1 aliphatic rings. The van der Waals surface area contributed by atoms with Crippen LogP contribution in [0.15, 0.2) is 0 Å². The summed E-state index contributed by atoms with van der Waals surface area (Å²) in [6.45, 7) is 8.49. The zero-order chi connectivity index (χ0) is 13.9. The second-order valence-corrected chi connectivity index (χ2v) is 5.72. The first kappa shape index (κ1) is 14.8. The number of aliphatic carboxylic acids is 1. The van der Waals surface area contributed by atoms with Crippen LogP contribution >= 0.6 is 0 Å². The number of nitrogens with one attached hydrogen (secondary N) is 1. The van der Waals surface area contributed by atoms with Crippen molar-refractivity contribution < 1.29 is 14.7 Å². The number of rotatable bonds is 4. The third-order valence-electron chi connectivity index (χ3n) is 3.90. The Kier molecular flexibility index (Phi) is 4.59. The molecule has 0 aliphatic carbocycles. The molecule has 2 amide bonds. The molecule has 0 aromatic rings. The molecule has 0 saturated carbocycles. The highest BCUT2D eigenvalue weighted by Crippen LogP contribution is 2.28. The summed E-state index contributed by atoms with van der Waals surface area (Å²) >= 11 is 0. The fraction of sp³-hybridized carbons (Fsp3) is 0.846. The number of hydrogen-bond donors (Lipinski definition) is 2. The number of hydrogen-bond acceptors (Lipinski definition) is 2. The smallest absolute Gasteiger partial charge is 0.326 e. The van der Waals surface area contributed by atoms with Gasteiger partial charge in [0.1, 0.15) is 6.04 Å². The zero-order valence-electron chi connectivity index (χ0n) is 11.7. The molecule has 1 aliphatic heterocycles. The van der Waals surface area contributed by atoms with E-state index in [1.165, 1.54) is 0 Å². The molecule has 5 heteroatoms. The maximum absolute atomic E-state index is 12.1. The number of urea groups is 1. The van der Waals surface area contributed by atoms with Crippen molar-refractivity contribution in [2.75, 3.05) is 6.54 Å². The van der Waals surface area contributed by atoms with Crippen LogP contribution in [0.4, 0.5) is 4.79 Å². The molecular formula is C13H24N2O3. The Hall–Kier alpha value is -1.26. The van der Waals surface area contributed by atoms with Gasteiger partial charge in [-0.2, -0.15) is 0 Å². The first-order chi connectivity index (χ1) is 8.29. The minimum atomic E-state index is -0.963. The molecule has 0 bridgehead atoms. The van der Waals surface area contributed by atoms with Crippen LogP contribution in [-0.2, 0) is 4.79 Å². The highest BCUT2D eigenvalue weighted by Gasteiger charge is 2.37. The van der Waals surface area contributed by atoms with E-state index in [-0.39, 0.29) is 17.5 Å². The summed E-state index contributed by atoms with van der Waals surface area (Å²) in [5.74, 6) is -1.04. The molecule has 2 atom stereocenters. The Morgan fingerprint density at radius 1 is 1.44 bits per heavy atom. The normalized spacial score (nSPS) is 21.4. The van der Waals surface area contributed by atoms with E-state index in [0.29, 0.717) is 6.54 Å². The largest absolute Gasteiger partial charge is 0.480 e. The van der Waals surface area contributed by atoms with Crippen LogP contribution in [0.25, 0.3) is 0 Å². The van der Waals surface area contributed by atoms with Crippen molar-refractivity contribution in [3.63, 3.8) is 0 Å². The number of amides is 2. The molecule has 18 heavy (non-hydrogen) atoms. The summed E-state index contributed by atoms with van der Waals surface area (Å²) in [5, 5.41) is 11.8. The van der Waals surface area contributed by atoms with Gasteiger partial charge in [-0.3, -0.25) is 0 Å². The predicted molar refractivity (Wildman–Crippen MR) is 69.4 cm³/mol. The van der Waals surface area contributed by atoms with Crippen LogP contribution in [0, 0.1) is 5.92 Å². The van der Waals surface area contributed by atoms with Gasteiger partial charge in [-0.25, -0.2) is 9.59 Å².